The number of fused-ring (bicyclic) bond motifs is 1. The van der Waals surface area contributed by atoms with Crippen LogP contribution < -0.4 is 20.7 Å². The van der Waals surface area contributed by atoms with Gasteiger partial charge < -0.3 is 25.8 Å². The minimum Gasteiger partial charge on any atom is -0.480 e. The Balaban J connectivity index is 1.96. The first-order valence-electron chi connectivity index (χ1n) is 16.3. The van der Waals surface area contributed by atoms with Gasteiger partial charge in [-0.2, -0.15) is 26.3 Å². The number of ether oxygens (including phenoxy) is 1. The molecular formula is C34H38F7N5O7S. The number of amides is 4. The smallest absolute Gasteiger partial charge is 0.408 e. The number of anilines is 1. The molecule has 1 unspecified atom stereocenters. The molecule has 0 saturated carbocycles. The van der Waals surface area contributed by atoms with Gasteiger partial charge in [0.25, 0.3) is 5.91 Å². The summed E-state index contributed by atoms with van der Waals surface area (Å²) >= 11 is 0.302. The summed E-state index contributed by atoms with van der Waals surface area (Å²) in [5, 5.41) is 16.3. The first-order chi connectivity index (χ1) is 24.9. The molecule has 3 rings (SSSR count). The molecule has 1 aliphatic heterocycles. The maximum Gasteiger partial charge on any atom is 0.408 e. The van der Waals surface area contributed by atoms with Crippen LogP contribution in [0.25, 0.3) is 0 Å². The molecule has 2 aromatic carbocycles. The Morgan fingerprint density at radius 1 is 0.944 bits per heavy atom. The molecule has 5 N–H and O–H groups in total. The van der Waals surface area contributed by atoms with Crippen LogP contribution in [0, 0.1) is 24.6 Å². The van der Waals surface area contributed by atoms with Gasteiger partial charge in [-0.05, 0) is 70.2 Å². The number of hydrogen-bond acceptors (Lipinski definition) is 8. The number of halogens is 7. The quantitative estimate of drug-likeness (QED) is 0.114. The summed E-state index contributed by atoms with van der Waals surface area (Å²) in [5.41, 5.74) is 0.147. The first-order valence-corrected chi connectivity index (χ1v) is 17.2. The van der Waals surface area contributed by atoms with E-state index in [0.717, 1.165) is 12.1 Å². The highest BCUT2D eigenvalue weighted by Gasteiger charge is 2.41. The topological polar surface area (TPSA) is 175 Å². The minimum absolute atomic E-state index is 0.0144. The highest BCUT2D eigenvalue weighted by atomic mass is 32.2. The number of rotatable bonds is 14. The lowest BCUT2D eigenvalue weighted by atomic mass is 9.83. The van der Waals surface area contributed by atoms with E-state index >= 15 is 0 Å². The second kappa shape index (κ2) is 18.0. The molecule has 0 fully saturated rings. The van der Waals surface area contributed by atoms with Crippen molar-refractivity contribution < 1.29 is 64.5 Å². The maximum atomic E-state index is 14.3. The van der Waals surface area contributed by atoms with E-state index in [1.165, 1.54) is 39.0 Å². The lowest BCUT2D eigenvalue weighted by molar-refractivity contribution is -0.152. The number of aliphatic imine (C=N–C) groups is 1. The number of nitrogens with one attached hydrogen (secondary N) is 4. The number of carboxylic acids is 1. The van der Waals surface area contributed by atoms with Crippen LogP contribution >= 0.6 is 11.9 Å². The summed E-state index contributed by atoms with van der Waals surface area (Å²) in [7, 11) is 0. The SMILES string of the molecule is Cc1cccc2c1NC(=O)[C@@H](NC(=O)[C@H](CCC(F)(F)F)[C@H](CCC(F)(F)F)C(=O)NSCC(NC(=O)OC(C)(C)C)C(=O)O)N=C2c1cccc(F)c1. The highest BCUT2D eigenvalue weighted by Crippen LogP contribution is 2.34. The molecule has 54 heavy (non-hydrogen) atoms. The maximum absolute atomic E-state index is 14.3. The van der Waals surface area contributed by atoms with Gasteiger partial charge in [-0.25, -0.2) is 19.0 Å². The van der Waals surface area contributed by atoms with Crippen molar-refractivity contribution in [1.82, 2.24) is 15.4 Å². The van der Waals surface area contributed by atoms with Gasteiger partial charge in [0, 0.05) is 35.6 Å². The van der Waals surface area contributed by atoms with E-state index < -0.39 is 109 Å². The molecule has 0 spiro atoms. The highest BCUT2D eigenvalue weighted by molar-refractivity contribution is 7.98. The Hall–Kier alpha value is -4.88. The van der Waals surface area contributed by atoms with Crippen LogP contribution in [0.5, 0.6) is 0 Å². The molecule has 20 heteroatoms. The average molecular weight is 794 g/mol. The first kappa shape index (κ1) is 43.5. The van der Waals surface area contributed by atoms with Gasteiger partial charge in [0.05, 0.1) is 17.3 Å². The number of alkyl carbamates (subject to hydrolysis) is 1. The van der Waals surface area contributed by atoms with E-state index in [4.69, 9.17) is 4.74 Å². The molecule has 12 nitrogen and oxygen atoms in total. The second-order valence-corrected chi connectivity index (χ2v) is 14.0. The van der Waals surface area contributed by atoms with Crippen molar-refractivity contribution in [3.05, 3.63) is 65.0 Å². The van der Waals surface area contributed by atoms with Crippen LogP contribution in [0.1, 0.15) is 63.1 Å². The Bertz CT molecular complexity index is 1750. The van der Waals surface area contributed by atoms with Crippen molar-refractivity contribution in [3.8, 4) is 0 Å². The fraction of sp³-hybridized carbons (Fsp3) is 0.471. The number of para-hydroxylation sites is 1. The number of aryl methyl sites for hydroxylation is 1. The summed E-state index contributed by atoms with van der Waals surface area (Å²) in [6.45, 7) is 6.13. The van der Waals surface area contributed by atoms with Gasteiger partial charge >= 0.3 is 24.4 Å². The molecule has 0 aromatic heterocycles. The third-order valence-electron chi connectivity index (χ3n) is 7.71. The normalized spacial score (nSPS) is 16.4. The van der Waals surface area contributed by atoms with Crippen molar-refractivity contribution in [3.63, 3.8) is 0 Å². The van der Waals surface area contributed by atoms with Crippen molar-refractivity contribution in [2.75, 3.05) is 11.1 Å². The lowest BCUT2D eigenvalue weighted by Crippen LogP contribution is -2.48. The Morgan fingerprint density at radius 3 is 2.09 bits per heavy atom. The van der Waals surface area contributed by atoms with Gasteiger partial charge in [0.2, 0.25) is 18.0 Å². The largest absolute Gasteiger partial charge is 0.480 e. The summed E-state index contributed by atoms with van der Waals surface area (Å²) in [6.07, 6.45) is -18.7. The monoisotopic (exact) mass is 793 g/mol. The molecule has 0 bridgehead atoms. The molecular weight excluding hydrogens is 755 g/mol. The molecule has 0 radical (unpaired) electrons. The average Bonchev–Trinajstić information content (AvgIpc) is 3.16. The van der Waals surface area contributed by atoms with Crippen LogP contribution in [0.2, 0.25) is 0 Å². The number of carbonyl (C=O) groups is 5. The van der Waals surface area contributed by atoms with E-state index in [1.54, 1.807) is 19.1 Å². The van der Waals surface area contributed by atoms with Crippen LogP contribution in [-0.2, 0) is 23.9 Å². The summed E-state index contributed by atoms with van der Waals surface area (Å²) in [6, 6.07) is 8.08. The van der Waals surface area contributed by atoms with Crippen molar-refractivity contribution in [2.24, 2.45) is 16.8 Å². The van der Waals surface area contributed by atoms with E-state index in [2.05, 4.69) is 20.3 Å². The zero-order chi connectivity index (χ0) is 40.6. The molecule has 0 saturated heterocycles. The van der Waals surface area contributed by atoms with Crippen molar-refractivity contribution >= 4 is 53.1 Å². The Labute approximate surface area is 309 Å². The number of carboxylic acid groups (broad SMARTS) is 1. The van der Waals surface area contributed by atoms with E-state index in [9.17, 15) is 59.8 Å². The van der Waals surface area contributed by atoms with Crippen LogP contribution in [0.15, 0.2) is 47.5 Å². The molecule has 2 aromatic rings. The number of alkyl halides is 6. The molecule has 4 amide bonds. The Morgan fingerprint density at radius 2 is 1.54 bits per heavy atom. The number of benzene rings is 2. The van der Waals surface area contributed by atoms with Crippen LogP contribution in [-0.4, -0.2) is 76.5 Å². The fourth-order valence-corrected chi connectivity index (χ4v) is 6.02. The number of benzodiazepines with no additional fused rings is 1. The predicted octanol–water partition coefficient (Wildman–Crippen LogP) is 6.03. The van der Waals surface area contributed by atoms with Gasteiger partial charge in [-0.3, -0.25) is 19.1 Å². The lowest BCUT2D eigenvalue weighted by Gasteiger charge is -2.27. The number of carbonyl (C=O) groups excluding carboxylic acids is 4. The van der Waals surface area contributed by atoms with Gasteiger partial charge in [-0.1, -0.05) is 30.3 Å². The summed E-state index contributed by atoms with van der Waals surface area (Å²) in [4.78, 5) is 68.7. The number of aliphatic carboxylic acids is 1. The zero-order valence-corrected chi connectivity index (χ0v) is 30.1. The minimum atomic E-state index is -4.93. The van der Waals surface area contributed by atoms with Gasteiger partial charge in [-0.15, -0.1) is 0 Å². The van der Waals surface area contributed by atoms with Crippen LogP contribution in [0.4, 0.5) is 41.2 Å². The van der Waals surface area contributed by atoms with E-state index in [0.29, 0.717) is 23.1 Å². The third kappa shape index (κ3) is 13.5. The standard InChI is InChI=1S/C34H38F7N5O7S/c1-17-7-5-10-22-24(17)44-29(49)26(43-25(22)18-8-6-9-19(35)15-18)45-27(47)20(11-13-33(36,37)38)21(12-14-34(39,40)41)28(48)46-54-16-23(30(50)51)42-31(52)53-32(2,3)4/h5-10,15,20-21,23,26H,11-14,16H2,1-4H3,(H,42,52)(H,44,49)(H,45,47)(H,46,48)(H,50,51)/t20-,21+,23?,26-/m1/s1. The molecule has 296 valence electrons. The van der Waals surface area contributed by atoms with Crippen molar-refractivity contribution in [2.45, 2.75) is 83.5 Å². The predicted molar refractivity (Wildman–Crippen MR) is 183 cm³/mol. The molecule has 1 aliphatic rings. The number of nitrogens with zero attached hydrogens (tertiary/aromatic N) is 1. The Kier molecular flexibility index (Phi) is 14.5. The molecule has 0 aliphatic carbocycles. The van der Waals surface area contributed by atoms with E-state index in [-0.39, 0.29) is 17.0 Å². The number of hydrogen-bond donors (Lipinski definition) is 5. The van der Waals surface area contributed by atoms with E-state index in [1.807, 2.05) is 5.32 Å². The molecule has 1 heterocycles. The second-order valence-electron chi connectivity index (χ2n) is 13.2. The summed E-state index contributed by atoms with van der Waals surface area (Å²) < 4.78 is 102. The van der Waals surface area contributed by atoms with Crippen LogP contribution in [0.3, 0.4) is 0 Å². The summed E-state index contributed by atoms with van der Waals surface area (Å²) in [5.74, 6) is -10.9. The van der Waals surface area contributed by atoms with Gasteiger partial charge in [0.1, 0.15) is 17.5 Å². The molecule has 4 atom stereocenters. The fourth-order valence-electron chi connectivity index (χ4n) is 5.25. The zero-order valence-electron chi connectivity index (χ0n) is 29.3. The van der Waals surface area contributed by atoms with Crippen molar-refractivity contribution in [1.29, 1.82) is 0 Å². The third-order valence-corrected chi connectivity index (χ3v) is 8.55. The van der Waals surface area contributed by atoms with Gasteiger partial charge in [0.15, 0.2) is 0 Å².